The topological polar surface area (TPSA) is 102 Å². The number of carbonyl (C=O) groups is 4. The molecular weight excluding hydrogens is 316 g/mol. The van der Waals surface area contributed by atoms with E-state index in [-0.39, 0.29) is 6.61 Å². The van der Waals surface area contributed by atoms with E-state index in [9.17, 15) is 19.2 Å². The lowest BCUT2D eigenvalue weighted by Gasteiger charge is -2.15. The van der Waals surface area contributed by atoms with Crippen LogP contribution in [0.4, 0.5) is 4.79 Å². The average Bonchev–Trinajstić information content (AvgIpc) is 2.74. The Morgan fingerprint density at radius 2 is 1.79 bits per heavy atom. The molecule has 0 radical (unpaired) electrons. The second-order valence-corrected chi connectivity index (χ2v) is 5.80. The molecule has 8 heteroatoms. The monoisotopic (exact) mass is 334 g/mol. The zero-order valence-electron chi connectivity index (χ0n) is 13.6. The van der Waals surface area contributed by atoms with E-state index in [2.05, 4.69) is 10.1 Å². The fourth-order valence-electron chi connectivity index (χ4n) is 2.15. The number of hydrogen-bond acceptors (Lipinski definition) is 6. The summed E-state index contributed by atoms with van der Waals surface area (Å²) in [5.41, 5.74) is 0.0174. The maximum Gasteiger partial charge on any atom is 0.337 e. The Kier molecular flexibility index (Phi) is 4.87. The van der Waals surface area contributed by atoms with Gasteiger partial charge in [-0.1, -0.05) is 12.1 Å². The number of imide groups is 1. The molecule has 2 rings (SSSR count). The minimum Gasteiger partial charge on any atom is -0.465 e. The molecule has 0 saturated carbocycles. The highest BCUT2D eigenvalue weighted by Crippen LogP contribution is 2.16. The lowest BCUT2D eigenvalue weighted by atomic mass is 10.1. The SMILES string of the molecule is COC(=O)c1ccc(COC(=O)CN2C(=O)NC(C)(C)C2=O)cc1. The third-order valence-corrected chi connectivity index (χ3v) is 3.51. The number of benzene rings is 1. The van der Waals surface area contributed by atoms with Crippen molar-refractivity contribution in [1.82, 2.24) is 10.2 Å². The minimum absolute atomic E-state index is 0.0344. The Hall–Kier alpha value is -2.90. The summed E-state index contributed by atoms with van der Waals surface area (Å²) in [4.78, 5) is 47.6. The molecule has 3 amide bonds. The van der Waals surface area contributed by atoms with Crippen LogP contribution in [-0.2, 0) is 25.7 Å². The molecule has 1 fully saturated rings. The fourth-order valence-corrected chi connectivity index (χ4v) is 2.15. The molecule has 0 bridgehead atoms. The highest BCUT2D eigenvalue weighted by atomic mass is 16.5. The second kappa shape index (κ2) is 6.69. The normalized spacial score (nSPS) is 15.9. The van der Waals surface area contributed by atoms with Crippen molar-refractivity contribution < 1.29 is 28.7 Å². The number of esters is 2. The quantitative estimate of drug-likeness (QED) is 0.632. The number of nitrogens with one attached hydrogen (secondary N) is 1. The number of ether oxygens (including phenoxy) is 2. The van der Waals surface area contributed by atoms with Crippen LogP contribution in [0.1, 0.15) is 29.8 Å². The van der Waals surface area contributed by atoms with Crippen LogP contribution >= 0.6 is 0 Å². The summed E-state index contributed by atoms with van der Waals surface area (Å²) in [5.74, 6) is -1.64. The molecule has 1 N–H and O–H groups in total. The maximum atomic E-state index is 12.0. The van der Waals surface area contributed by atoms with Crippen LogP contribution in [-0.4, -0.2) is 48.0 Å². The molecule has 8 nitrogen and oxygen atoms in total. The standard InChI is InChI=1S/C16H18N2O6/c1-16(2)14(21)18(15(22)17-16)8-12(19)24-9-10-4-6-11(7-5-10)13(20)23-3/h4-7H,8-9H2,1-3H3,(H,17,22). The summed E-state index contributed by atoms with van der Waals surface area (Å²) in [6, 6.07) is 5.72. The number of nitrogens with zero attached hydrogens (tertiary/aromatic N) is 1. The number of rotatable bonds is 5. The molecule has 0 spiro atoms. The first kappa shape index (κ1) is 17.5. The van der Waals surface area contributed by atoms with E-state index in [4.69, 9.17) is 4.74 Å². The van der Waals surface area contributed by atoms with Gasteiger partial charge in [0.05, 0.1) is 12.7 Å². The van der Waals surface area contributed by atoms with Crippen LogP contribution in [0.3, 0.4) is 0 Å². The Balaban J connectivity index is 1.89. The Morgan fingerprint density at radius 3 is 2.29 bits per heavy atom. The second-order valence-electron chi connectivity index (χ2n) is 5.80. The predicted octanol–water partition coefficient (Wildman–Crippen LogP) is 0.847. The summed E-state index contributed by atoms with van der Waals surface area (Å²) in [5, 5.41) is 2.48. The van der Waals surface area contributed by atoms with Crippen LogP contribution < -0.4 is 5.32 Å². The first-order chi connectivity index (χ1) is 11.2. The van der Waals surface area contributed by atoms with Crippen LogP contribution in [0.25, 0.3) is 0 Å². The van der Waals surface area contributed by atoms with Crippen molar-refractivity contribution in [2.45, 2.75) is 26.0 Å². The summed E-state index contributed by atoms with van der Waals surface area (Å²) < 4.78 is 9.64. The molecule has 0 atom stereocenters. The third kappa shape index (κ3) is 3.70. The first-order valence-electron chi connectivity index (χ1n) is 7.21. The predicted molar refractivity (Wildman–Crippen MR) is 81.9 cm³/mol. The van der Waals surface area contributed by atoms with Gasteiger partial charge < -0.3 is 14.8 Å². The zero-order valence-corrected chi connectivity index (χ0v) is 13.6. The van der Waals surface area contributed by atoms with E-state index < -0.39 is 36.0 Å². The average molecular weight is 334 g/mol. The molecule has 1 heterocycles. The van der Waals surface area contributed by atoms with Crippen LogP contribution in [0.15, 0.2) is 24.3 Å². The summed E-state index contributed by atoms with van der Waals surface area (Å²) >= 11 is 0. The van der Waals surface area contributed by atoms with Crippen molar-refractivity contribution in [2.75, 3.05) is 13.7 Å². The van der Waals surface area contributed by atoms with Crippen molar-refractivity contribution in [2.24, 2.45) is 0 Å². The van der Waals surface area contributed by atoms with E-state index in [1.54, 1.807) is 38.1 Å². The van der Waals surface area contributed by atoms with Gasteiger partial charge in [0, 0.05) is 0 Å². The third-order valence-electron chi connectivity index (χ3n) is 3.51. The van der Waals surface area contributed by atoms with Gasteiger partial charge in [-0.05, 0) is 31.5 Å². The van der Waals surface area contributed by atoms with Gasteiger partial charge in [-0.15, -0.1) is 0 Å². The molecule has 0 aliphatic carbocycles. The van der Waals surface area contributed by atoms with Gasteiger partial charge in [0.1, 0.15) is 18.7 Å². The largest absolute Gasteiger partial charge is 0.465 e. The van der Waals surface area contributed by atoms with Gasteiger partial charge >= 0.3 is 18.0 Å². The lowest BCUT2D eigenvalue weighted by Crippen LogP contribution is -2.41. The van der Waals surface area contributed by atoms with Crippen molar-refractivity contribution >= 4 is 23.9 Å². The van der Waals surface area contributed by atoms with E-state index >= 15 is 0 Å². The van der Waals surface area contributed by atoms with Gasteiger partial charge in [0.15, 0.2) is 0 Å². The molecule has 128 valence electrons. The van der Waals surface area contributed by atoms with Crippen LogP contribution in [0.5, 0.6) is 0 Å². The molecule has 24 heavy (non-hydrogen) atoms. The Labute approximate surface area is 138 Å². The lowest BCUT2D eigenvalue weighted by molar-refractivity contribution is -0.148. The summed E-state index contributed by atoms with van der Waals surface area (Å²) in [6.45, 7) is 2.63. The molecular formula is C16H18N2O6. The minimum atomic E-state index is -1.03. The maximum absolute atomic E-state index is 12.0. The highest BCUT2D eigenvalue weighted by molar-refractivity contribution is 6.08. The smallest absolute Gasteiger partial charge is 0.337 e. The van der Waals surface area contributed by atoms with Crippen LogP contribution in [0, 0.1) is 0 Å². The Bertz CT molecular complexity index is 680. The number of carbonyl (C=O) groups excluding carboxylic acids is 4. The van der Waals surface area contributed by atoms with Crippen LogP contribution in [0.2, 0.25) is 0 Å². The van der Waals surface area contributed by atoms with E-state index in [0.717, 1.165) is 4.90 Å². The van der Waals surface area contributed by atoms with Gasteiger partial charge in [-0.2, -0.15) is 0 Å². The van der Waals surface area contributed by atoms with E-state index in [0.29, 0.717) is 11.1 Å². The number of amides is 3. The molecule has 1 aliphatic rings. The van der Waals surface area contributed by atoms with Gasteiger partial charge in [-0.3, -0.25) is 14.5 Å². The molecule has 0 aromatic heterocycles. The summed E-state index contributed by atoms with van der Waals surface area (Å²) in [7, 11) is 1.29. The van der Waals surface area contributed by atoms with Crippen molar-refractivity contribution in [3.05, 3.63) is 35.4 Å². The zero-order chi connectivity index (χ0) is 17.9. The molecule has 1 aromatic rings. The van der Waals surface area contributed by atoms with E-state index in [1.807, 2.05) is 0 Å². The molecule has 1 aromatic carbocycles. The first-order valence-corrected chi connectivity index (χ1v) is 7.21. The van der Waals surface area contributed by atoms with Crippen molar-refractivity contribution in [3.63, 3.8) is 0 Å². The fraction of sp³-hybridized carbons (Fsp3) is 0.375. The van der Waals surface area contributed by atoms with Crippen molar-refractivity contribution in [3.8, 4) is 0 Å². The number of hydrogen-bond donors (Lipinski definition) is 1. The molecule has 0 unspecified atom stereocenters. The number of methoxy groups -OCH3 is 1. The van der Waals surface area contributed by atoms with Gasteiger partial charge in [0.25, 0.3) is 5.91 Å². The molecule has 1 saturated heterocycles. The van der Waals surface area contributed by atoms with Gasteiger partial charge in [0.2, 0.25) is 0 Å². The highest BCUT2D eigenvalue weighted by Gasteiger charge is 2.45. The number of urea groups is 1. The van der Waals surface area contributed by atoms with Crippen molar-refractivity contribution in [1.29, 1.82) is 0 Å². The van der Waals surface area contributed by atoms with Gasteiger partial charge in [-0.25, -0.2) is 9.59 Å². The van der Waals surface area contributed by atoms with E-state index in [1.165, 1.54) is 7.11 Å². The Morgan fingerprint density at radius 1 is 1.17 bits per heavy atom. The molecule has 1 aliphatic heterocycles. The summed E-state index contributed by atoms with van der Waals surface area (Å²) in [6.07, 6.45) is 0.